The number of hydroxylamine groups is 4. The first kappa shape index (κ1) is 29.7. The van der Waals surface area contributed by atoms with Crippen LogP contribution in [0.25, 0.3) is 0 Å². The topological polar surface area (TPSA) is 105 Å². The molecule has 5 aliphatic rings. The van der Waals surface area contributed by atoms with Gasteiger partial charge in [-0.05, 0) is 81.1 Å². The van der Waals surface area contributed by atoms with Crippen molar-refractivity contribution in [1.82, 2.24) is 20.8 Å². The molecule has 10 nitrogen and oxygen atoms in total. The summed E-state index contributed by atoms with van der Waals surface area (Å²) in [6.45, 7) is 22.4. The van der Waals surface area contributed by atoms with E-state index in [9.17, 15) is 20.0 Å². The van der Waals surface area contributed by atoms with Crippen molar-refractivity contribution < 1.29 is 29.0 Å². The molecule has 0 unspecified atom stereocenters. The SMILES string of the molecule is CC1(C)CC(NC(=O)C[N+]23CC[N+](CC(=O)NC4CC(C)(C)N(O)C(C)(C)C4)(CC2)CC3)CC(C)(C)N1[O]. The summed E-state index contributed by atoms with van der Waals surface area (Å²) >= 11 is 0. The van der Waals surface area contributed by atoms with E-state index >= 15 is 0 Å². The van der Waals surface area contributed by atoms with Crippen molar-refractivity contribution in [2.75, 3.05) is 52.4 Å². The molecule has 5 rings (SSSR count). The first-order chi connectivity index (χ1) is 17.3. The Balaban J connectivity index is 1.28. The van der Waals surface area contributed by atoms with Gasteiger partial charge in [-0.2, -0.15) is 5.06 Å². The average molecular weight is 538 g/mol. The average Bonchev–Trinajstić information content (AvgIpc) is 2.76. The first-order valence-corrected chi connectivity index (χ1v) is 14.5. The van der Waals surface area contributed by atoms with Crippen molar-refractivity contribution in [2.45, 2.75) is 115 Å². The van der Waals surface area contributed by atoms with Gasteiger partial charge in [-0.1, -0.05) is 0 Å². The van der Waals surface area contributed by atoms with E-state index in [1.165, 1.54) is 10.1 Å². The van der Waals surface area contributed by atoms with Crippen LogP contribution < -0.4 is 10.6 Å². The molecule has 0 aromatic carbocycles. The van der Waals surface area contributed by atoms with E-state index in [1.807, 2.05) is 55.4 Å². The van der Waals surface area contributed by atoms with Crippen LogP contribution in [0.3, 0.4) is 0 Å². The van der Waals surface area contributed by atoms with Crippen LogP contribution in [0, 0.1) is 0 Å². The molecule has 2 bridgehead atoms. The third kappa shape index (κ3) is 5.90. The summed E-state index contributed by atoms with van der Waals surface area (Å²) in [4.78, 5) is 26.3. The predicted octanol–water partition coefficient (Wildman–Crippen LogP) is 1.66. The minimum Gasteiger partial charge on any atom is -0.348 e. The van der Waals surface area contributed by atoms with Crippen molar-refractivity contribution in [2.24, 2.45) is 0 Å². The number of quaternary nitrogens is 2. The van der Waals surface area contributed by atoms with Gasteiger partial charge < -0.3 is 24.8 Å². The van der Waals surface area contributed by atoms with E-state index in [0.717, 1.165) is 61.1 Å². The number of carbonyl (C=O) groups excluding carboxylic acids is 2. The van der Waals surface area contributed by atoms with Gasteiger partial charge in [-0.15, -0.1) is 10.3 Å². The molecule has 5 fully saturated rings. The van der Waals surface area contributed by atoms with E-state index in [0.29, 0.717) is 25.9 Å². The lowest BCUT2D eigenvalue weighted by atomic mass is 9.79. The van der Waals surface area contributed by atoms with Gasteiger partial charge in [-0.3, -0.25) is 9.59 Å². The zero-order valence-corrected chi connectivity index (χ0v) is 25.1. The van der Waals surface area contributed by atoms with Gasteiger partial charge in [0.25, 0.3) is 11.8 Å². The lowest BCUT2D eigenvalue weighted by Gasteiger charge is -2.55. The summed E-state index contributed by atoms with van der Waals surface area (Å²) < 4.78 is 1.61. The van der Waals surface area contributed by atoms with Gasteiger partial charge in [0.05, 0.1) is 0 Å². The fourth-order valence-corrected chi connectivity index (χ4v) is 8.31. The number of carbonyl (C=O) groups is 2. The summed E-state index contributed by atoms with van der Waals surface area (Å²) in [7, 11) is 0. The van der Waals surface area contributed by atoms with Crippen LogP contribution in [0.5, 0.6) is 0 Å². The smallest absolute Gasteiger partial charge is 0.275 e. The lowest BCUT2D eigenvalue weighted by molar-refractivity contribution is -1.07. The Morgan fingerprint density at radius 3 is 1.26 bits per heavy atom. The Hall–Kier alpha value is -1.30. The summed E-state index contributed by atoms with van der Waals surface area (Å²) in [5.41, 5.74) is -1.78. The number of fused-ring (bicyclic) bond motifs is 3. The number of piperidine rings is 2. The molecule has 5 heterocycles. The molecule has 10 heteroatoms. The highest BCUT2D eigenvalue weighted by molar-refractivity contribution is 5.78. The van der Waals surface area contributed by atoms with Gasteiger partial charge in [0, 0.05) is 34.2 Å². The van der Waals surface area contributed by atoms with Crippen molar-refractivity contribution in [3.8, 4) is 0 Å². The maximum atomic E-state index is 13.2. The quantitative estimate of drug-likeness (QED) is 0.447. The van der Waals surface area contributed by atoms with Crippen molar-refractivity contribution in [3.05, 3.63) is 0 Å². The Morgan fingerprint density at radius 2 is 0.947 bits per heavy atom. The first-order valence-electron chi connectivity index (χ1n) is 14.5. The number of amides is 2. The second kappa shape index (κ2) is 9.66. The molecular formula is C28H53N6O4+2. The van der Waals surface area contributed by atoms with Crippen LogP contribution in [0.4, 0.5) is 0 Å². The highest BCUT2D eigenvalue weighted by Crippen LogP contribution is 2.38. The highest BCUT2D eigenvalue weighted by atomic mass is 16.5. The normalized spacial score (nSPS) is 35.1. The monoisotopic (exact) mass is 537 g/mol. The van der Waals surface area contributed by atoms with E-state index in [4.69, 9.17) is 0 Å². The maximum absolute atomic E-state index is 13.2. The summed E-state index contributed by atoms with van der Waals surface area (Å²) in [5, 5.41) is 32.4. The Morgan fingerprint density at radius 1 is 0.658 bits per heavy atom. The fraction of sp³-hybridized carbons (Fsp3) is 0.929. The third-order valence-corrected chi connectivity index (χ3v) is 10.1. The van der Waals surface area contributed by atoms with Crippen molar-refractivity contribution in [1.29, 1.82) is 0 Å². The van der Waals surface area contributed by atoms with E-state index in [1.54, 1.807) is 0 Å². The molecule has 0 aromatic heterocycles. The number of hydrogen-bond acceptors (Lipinski definition) is 5. The molecule has 0 spiro atoms. The van der Waals surface area contributed by atoms with Gasteiger partial charge >= 0.3 is 0 Å². The molecule has 5 saturated heterocycles. The standard InChI is InChI=1S/C28H51N6O4/c1-25(2)15-21(16-26(3,4)31(25)37)29-23(35)19-33-9-12-34(13-10-33,14-11-33)20-24(36)30-22-17-27(5,6)32(38)28(7,8)18-22/h21-22,37H,9-20H2,1-8H3/p+2. The zero-order valence-electron chi connectivity index (χ0n) is 25.1. The largest absolute Gasteiger partial charge is 0.348 e. The minimum absolute atomic E-state index is 0.0108. The molecule has 0 aromatic rings. The third-order valence-electron chi connectivity index (χ3n) is 10.1. The summed E-state index contributed by atoms with van der Waals surface area (Å²) in [6, 6.07) is 0.0578. The zero-order chi connectivity index (χ0) is 28.4. The minimum atomic E-state index is -0.499. The molecule has 2 amide bonds. The second-order valence-corrected chi connectivity index (χ2v) is 15.5. The van der Waals surface area contributed by atoms with Gasteiger partial charge in [0.1, 0.15) is 39.3 Å². The number of nitrogens with zero attached hydrogens (tertiary/aromatic N) is 4. The Bertz CT molecular complexity index is 798. The fourth-order valence-electron chi connectivity index (χ4n) is 8.31. The number of nitrogens with one attached hydrogen (secondary N) is 2. The van der Waals surface area contributed by atoms with E-state index in [-0.39, 0.29) is 23.9 Å². The molecule has 0 saturated carbocycles. The lowest BCUT2D eigenvalue weighted by Crippen LogP contribution is -2.77. The highest BCUT2D eigenvalue weighted by Gasteiger charge is 2.52. The molecule has 38 heavy (non-hydrogen) atoms. The maximum Gasteiger partial charge on any atom is 0.275 e. The van der Waals surface area contributed by atoms with Crippen LogP contribution in [0.2, 0.25) is 0 Å². The molecular weight excluding hydrogens is 484 g/mol. The predicted molar refractivity (Wildman–Crippen MR) is 144 cm³/mol. The molecule has 0 aliphatic carbocycles. The van der Waals surface area contributed by atoms with Crippen molar-refractivity contribution in [3.63, 3.8) is 0 Å². The number of piperazine rings is 3. The summed E-state index contributed by atoms with van der Waals surface area (Å²) in [6.07, 6.45) is 2.75. The van der Waals surface area contributed by atoms with Gasteiger partial charge in [0.15, 0.2) is 13.1 Å². The Labute approximate surface area is 229 Å². The van der Waals surface area contributed by atoms with Gasteiger partial charge in [0.2, 0.25) is 0 Å². The Kier molecular flexibility index (Phi) is 7.55. The van der Waals surface area contributed by atoms with Gasteiger partial charge in [-0.25, -0.2) is 0 Å². The van der Waals surface area contributed by atoms with Crippen LogP contribution >= 0.6 is 0 Å². The molecule has 217 valence electrons. The van der Waals surface area contributed by atoms with Crippen LogP contribution in [0.15, 0.2) is 0 Å². The second-order valence-electron chi connectivity index (χ2n) is 15.5. The van der Waals surface area contributed by atoms with E-state index < -0.39 is 22.2 Å². The van der Waals surface area contributed by atoms with Crippen LogP contribution in [-0.4, -0.2) is 123 Å². The molecule has 5 aliphatic heterocycles. The molecule has 3 N–H and O–H groups in total. The van der Waals surface area contributed by atoms with Crippen molar-refractivity contribution >= 4 is 11.8 Å². The number of hydrogen-bond donors (Lipinski definition) is 3. The van der Waals surface area contributed by atoms with E-state index in [2.05, 4.69) is 10.6 Å². The van der Waals surface area contributed by atoms with Crippen LogP contribution in [0.1, 0.15) is 81.1 Å². The number of rotatable bonds is 6. The molecule has 0 atom stereocenters. The van der Waals surface area contributed by atoms with Crippen LogP contribution in [-0.2, 0) is 14.8 Å². The molecule has 1 radical (unpaired) electrons. The summed E-state index contributed by atoms with van der Waals surface area (Å²) in [5.74, 6) is 0.184.